The lowest BCUT2D eigenvalue weighted by Crippen LogP contribution is -1.94. The molecule has 2 aromatic rings. The van der Waals surface area contributed by atoms with E-state index in [4.69, 9.17) is 11.6 Å². The molecule has 6 heteroatoms. The first-order valence-corrected chi connectivity index (χ1v) is 5.25. The number of phenols is 1. The van der Waals surface area contributed by atoms with Crippen molar-refractivity contribution in [2.75, 3.05) is 0 Å². The van der Waals surface area contributed by atoms with Crippen LogP contribution in [-0.4, -0.2) is 20.9 Å². The molecule has 1 aromatic carbocycles. The highest BCUT2D eigenvalue weighted by atomic mass is 35.5. The number of ketones is 1. The molecule has 94 valence electrons. The quantitative estimate of drug-likeness (QED) is 0.672. The van der Waals surface area contributed by atoms with Crippen molar-refractivity contribution in [3.05, 3.63) is 53.1 Å². The highest BCUT2D eigenvalue weighted by Gasteiger charge is 2.08. The second kappa shape index (κ2) is 6.23. The molecule has 0 atom stereocenters. The smallest absolute Gasteiger partial charge is 0.189 e. The molecule has 0 unspecified atom stereocenters. The minimum Gasteiger partial charge on any atom is -0.507 e. The topological polar surface area (TPSA) is 66.0 Å². The number of nitrogens with one attached hydrogen (secondary N) is 1. The van der Waals surface area contributed by atoms with Gasteiger partial charge in [0.05, 0.1) is 5.56 Å². The molecule has 0 saturated heterocycles. The Hall–Kier alpha value is -1.78. The third kappa shape index (κ3) is 3.35. The van der Waals surface area contributed by atoms with E-state index in [0.717, 1.165) is 0 Å². The first kappa shape index (κ1) is 14.3. The molecule has 0 bridgehead atoms. The van der Waals surface area contributed by atoms with Gasteiger partial charge in [-0.15, -0.1) is 12.4 Å². The minimum atomic E-state index is -0.310. The van der Waals surface area contributed by atoms with Crippen LogP contribution in [0.15, 0.2) is 36.7 Å². The molecule has 1 aromatic heterocycles. The van der Waals surface area contributed by atoms with Crippen LogP contribution < -0.4 is 0 Å². The fraction of sp³-hybridized carbons (Fsp3) is 0. The van der Waals surface area contributed by atoms with Gasteiger partial charge in [-0.25, -0.2) is 4.98 Å². The first-order valence-electron chi connectivity index (χ1n) is 4.87. The molecule has 18 heavy (non-hydrogen) atoms. The zero-order valence-electron chi connectivity index (χ0n) is 9.13. The van der Waals surface area contributed by atoms with Crippen molar-refractivity contribution in [1.82, 2.24) is 9.97 Å². The molecule has 0 saturated carbocycles. The van der Waals surface area contributed by atoms with Crippen molar-refractivity contribution >= 4 is 35.9 Å². The van der Waals surface area contributed by atoms with Crippen LogP contribution in [0, 0.1) is 0 Å². The van der Waals surface area contributed by atoms with Crippen LogP contribution in [-0.2, 0) is 0 Å². The standard InChI is InChI=1S/C12H9ClN2O2.ClH/c13-8-1-2-9(11(17)7-8)10(16)3-4-12-14-5-6-15-12;/h1-7,17H,(H,14,15);1H/b4-3+;. The average Bonchev–Trinajstić information content (AvgIpc) is 2.78. The average molecular weight is 285 g/mol. The molecular weight excluding hydrogens is 275 g/mol. The van der Waals surface area contributed by atoms with Gasteiger partial charge in [-0.2, -0.15) is 0 Å². The Kier molecular flexibility index (Phi) is 4.95. The lowest BCUT2D eigenvalue weighted by Gasteiger charge is -2.00. The van der Waals surface area contributed by atoms with Crippen molar-refractivity contribution < 1.29 is 9.90 Å². The van der Waals surface area contributed by atoms with Crippen molar-refractivity contribution in [2.45, 2.75) is 0 Å². The number of hydrogen-bond acceptors (Lipinski definition) is 3. The van der Waals surface area contributed by atoms with E-state index < -0.39 is 0 Å². The molecule has 0 fully saturated rings. The summed E-state index contributed by atoms with van der Waals surface area (Å²) in [5.74, 6) is 0.133. The van der Waals surface area contributed by atoms with Crippen molar-refractivity contribution in [1.29, 1.82) is 0 Å². The van der Waals surface area contributed by atoms with Gasteiger partial charge in [0.2, 0.25) is 0 Å². The van der Waals surface area contributed by atoms with E-state index in [9.17, 15) is 9.90 Å². The number of hydrogen-bond donors (Lipinski definition) is 2. The Morgan fingerprint density at radius 2 is 2.22 bits per heavy atom. The van der Waals surface area contributed by atoms with E-state index in [0.29, 0.717) is 10.8 Å². The number of aromatic hydroxyl groups is 1. The first-order chi connectivity index (χ1) is 8.16. The molecule has 0 radical (unpaired) electrons. The van der Waals surface area contributed by atoms with Crippen LogP contribution in [0.2, 0.25) is 5.02 Å². The summed E-state index contributed by atoms with van der Waals surface area (Å²) in [6.45, 7) is 0. The Morgan fingerprint density at radius 3 is 2.83 bits per heavy atom. The molecule has 4 nitrogen and oxygen atoms in total. The molecule has 2 N–H and O–H groups in total. The molecule has 0 aliphatic rings. The van der Waals surface area contributed by atoms with E-state index in [1.807, 2.05) is 0 Å². The van der Waals surface area contributed by atoms with Crippen LogP contribution >= 0.6 is 24.0 Å². The molecule has 1 heterocycles. The fourth-order valence-corrected chi connectivity index (χ4v) is 1.49. The van der Waals surface area contributed by atoms with Gasteiger partial charge in [0.1, 0.15) is 11.6 Å². The molecule has 2 rings (SSSR count). The Morgan fingerprint density at radius 1 is 1.44 bits per heavy atom. The van der Waals surface area contributed by atoms with E-state index in [1.54, 1.807) is 18.5 Å². The van der Waals surface area contributed by atoms with E-state index in [-0.39, 0.29) is 29.5 Å². The monoisotopic (exact) mass is 284 g/mol. The van der Waals surface area contributed by atoms with Crippen LogP contribution in [0.25, 0.3) is 6.08 Å². The Bertz CT molecular complexity index is 565. The van der Waals surface area contributed by atoms with E-state index >= 15 is 0 Å². The van der Waals surface area contributed by atoms with Gasteiger partial charge in [0.15, 0.2) is 5.78 Å². The van der Waals surface area contributed by atoms with Gasteiger partial charge in [0, 0.05) is 17.4 Å². The zero-order valence-corrected chi connectivity index (χ0v) is 10.7. The van der Waals surface area contributed by atoms with Gasteiger partial charge in [0.25, 0.3) is 0 Å². The minimum absolute atomic E-state index is 0. The summed E-state index contributed by atoms with van der Waals surface area (Å²) >= 11 is 5.68. The highest BCUT2D eigenvalue weighted by Crippen LogP contribution is 2.22. The maximum absolute atomic E-state index is 11.7. The number of aromatic nitrogens is 2. The summed E-state index contributed by atoms with van der Waals surface area (Å²) in [5.41, 5.74) is 0.206. The van der Waals surface area contributed by atoms with Crippen LogP contribution in [0.4, 0.5) is 0 Å². The number of benzene rings is 1. The molecule has 0 aliphatic heterocycles. The zero-order chi connectivity index (χ0) is 12.3. The predicted octanol–water partition coefficient (Wildman–Crippen LogP) is 3.09. The number of phenolic OH excluding ortho intramolecular Hbond substituents is 1. The number of nitrogens with zero attached hydrogens (tertiary/aromatic N) is 1. The van der Waals surface area contributed by atoms with Gasteiger partial charge < -0.3 is 10.1 Å². The summed E-state index contributed by atoms with van der Waals surface area (Å²) in [4.78, 5) is 18.5. The van der Waals surface area contributed by atoms with Crippen LogP contribution in [0.1, 0.15) is 16.2 Å². The summed E-state index contributed by atoms with van der Waals surface area (Å²) in [7, 11) is 0. The largest absolute Gasteiger partial charge is 0.507 e. The summed E-state index contributed by atoms with van der Waals surface area (Å²) in [5, 5.41) is 9.94. The SMILES string of the molecule is Cl.O=C(/C=C/c1ncc[nH]1)c1ccc(Cl)cc1O. The Balaban J connectivity index is 0.00000162. The number of allylic oxidation sites excluding steroid dienone is 1. The number of carbonyl (C=O) groups excluding carboxylic acids is 1. The molecular formula is C12H10Cl2N2O2. The lowest BCUT2D eigenvalue weighted by molar-refractivity contribution is 0.104. The number of halogens is 2. The van der Waals surface area contributed by atoms with Crippen LogP contribution in [0.3, 0.4) is 0 Å². The maximum Gasteiger partial charge on any atom is 0.189 e. The summed E-state index contributed by atoms with van der Waals surface area (Å²) in [6.07, 6.45) is 6.12. The molecule has 0 aliphatic carbocycles. The van der Waals surface area contributed by atoms with Gasteiger partial charge in [-0.05, 0) is 30.4 Å². The summed E-state index contributed by atoms with van der Waals surface area (Å²) < 4.78 is 0. The van der Waals surface area contributed by atoms with E-state index in [2.05, 4.69) is 9.97 Å². The molecule has 0 spiro atoms. The van der Waals surface area contributed by atoms with Gasteiger partial charge in [-0.1, -0.05) is 11.6 Å². The van der Waals surface area contributed by atoms with Gasteiger partial charge in [-0.3, -0.25) is 4.79 Å². The van der Waals surface area contributed by atoms with Crippen molar-refractivity contribution in [3.63, 3.8) is 0 Å². The third-order valence-electron chi connectivity index (χ3n) is 2.14. The highest BCUT2D eigenvalue weighted by molar-refractivity contribution is 6.31. The number of carbonyl (C=O) groups is 1. The number of rotatable bonds is 3. The number of imidazole rings is 1. The fourth-order valence-electron chi connectivity index (χ4n) is 1.33. The third-order valence-corrected chi connectivity index (χ3v) is 2.37. The van der Waals surface area contributed by atoms with Crippen molar-refractivity contribution in [2.24, 2.45) is 0 Å². The number of aromatic amines is 1. The summed E-state index contributed by atoms with van der Waals surface area (Å²) in [6, 6.07) is 4.36. The predicted molar refractivity (Wildman–Crippen MR) is 72.3 cm³/mol. The van der Waals surface area contributed by atoms with Crippen molar-refractivity contribution in [3.8, 4) is 5.75 Å². The number of H-pyrrole nitrogens is 1. The Labute approximate surface area is 115 Å². The van der Waals surface area contributed by atoms with Gasteiger partial charge >= 0.3 is 0 Å². The maximum atomic E-state index is 11.7. The molecule has 0 amide bonds. The second-order valence-corrected chi connectivity index (χ2v) is 3.77. The second-order valence-electron chi connectivity index (χ2n) is 3.33. The lowest BCUT2D eigenvalue weighted by atomic mass is 10.1. The van der Waals surface area contributed by atoms with E-state index in [1.165, 1.54) is 24.3 Å². The normalized spacial score (nSPS) is 10.3. The van der Waals surface area contributed by atoms with Crippen LogP contribution in [0.5, 0.6) is 5.75 Å².